The van der Waals surface area contributed by atoms with E-state index in [2.05, 4.69) is 27.4 Å². The molecular formula is C23H25N5O4S. The molecule has 172 valence electrons. The van der Waals surface area contributed by atoms with E-state index >= 15 is 0 Å². The van der Waals surface area contributed by atoms with Crippen molar-refractivity contribution >= 4 is 23.1 Å². The van der Waals surface area contributed by atoms with E-state index < -0.39 is 11.2 Å². The van der Waals surface area contributed by atoms with Crippen molar-refractivity contribution in [2.45, 2.75) is 44.5 Å². The summed E-state index contributed by atoms with van der Waals surface area (Å²) >= 11 is 1.52. The molecule has 1 atom stereocenters. The Labute approximate surface area is 196 Å². The Morgan fingerprint density at radius 2 is 2.03 bits per heavy atom. The van der Waals surface area contributed by atoms with Crippen LogP contribution in [0.25, 0.3) is 11.3 Å². The van der Waals surface area contributed by atoms with Gasteiger partial charge in [-0.25, -0.2) is 0 Å². The Bertz CT molecular complexity index is 1140. The summed E-state index contributed by atoms with van der Waals surface area (Å²) in [6.45, 7) is 4.61. The lowest BCUT2D eigenvalue weighted by molar-refractivity contribution is -0.385. The van der Waals surface area contributed by atoms with E-state index in [1.807, 2.05) is 31.2 Å². The number of fused-ring (bicyclic) bond motifs is 3. The zero-order valence-electron chi connectivity index (χ0n) is 18.5. The number of nitrogens with zero attached hydrogens (tertiary/aromatic N) is 4. The monoisotopic (exact) mass is 467 g/mol. The Morgan fingerprint density at radius 3 is 2.82 bits per heavy atom. The Balaban J connectivity index is 1.78. The van der Waals surface area contributed by atoms with Crippen molar-refractivity contribution in [1.29, 1.82) is 0 Å². The number of benzene rings is 2. The summed E-state index contributed by atoms with van der Waals surface area (Å²) in [5.74, 6) is 1.72. The Kier molecular flexibility index (Phi) is 7.23. The second-order valence-electron chi connectivity index (χ2n) is 7.47. The van der Waals surface area contributed by atoms with E-state index in [4.69, 9.17) is 9.47 Å². The van der Waals surface area contributed by atoms with Crippen molar-refractivity contribution in [3.63, 3.8) is 0 Å². The van der Waals surface area contributed by atoms with Gasteiger partial charge in [-0.2, -0.15) is 4.98 Å². The highest BCUT2D eigenvalue weighted by molar-refractivity contribution is 7.99. The van der Waals surface area contributed by atoms with Crippen LogP contribution in [-0.4, -0.2) is 32.5 Å². The number of anilines is 1. The molecule has 2 heterocycles. The van der Waals surface area contributed by atoms with Gasteiger partial charge in [-0.15, -0.1) is 10.2 Å². The molecule has 10 heteroatoms. The minimum absolute atomic E-state index is 0.0476. The van der Waals surface area contributed by atoms with Crippen LogP contribution in [0.2, 0.25) is 0 Å². The molecule has 0 fully saturated rings. The van der Waals surface area contributed by atoms with Gasteiger partial charge in [0.2, 0.25) is 17.3 Å². The second kappa shape index (κ2) is 10.5. The number of nitrogens with one attached hydrogen (secondary N) is 1. The van der Waals surface area contributed by atoms with Crippen LogP contribution in [0.1, 0.15) is 44.9 Å². The first-order chi connectivity index (χ1) is 16.1. The SMILES string of the molecule is CCCCSc1nnc2c(n1)OC(c1cc([N+](=O)[O-])ccc1OCCC)Nc1ccccc1-2. The molecule has 1 aliphatic rings. The summed E-state index contributed by atoms with van der Waals surface area (Å²) < 4.78 is 12.2. The fraction of sp³-hybridized carbons (Fsp3) is 0.348. The van der Waals surface area contributed by atoms with E-state index in [0.717, 1.165) is 36.3 Å². The lowest BCUT2D eigenvalue weighted by Crippen LogP contribution is -2.18. The smallest absolute Gasteiger partial charge is 0.270 e. The van der Waals surface area contributed by atoms with E-state index in [1.54, 1.807) is 6.07 Å². The first-order valence-corrected chi connectivity index (χ1v) is 11.9. The van der Waals surface area contributed by atoms with Crippen molar-refractivity contribution < 1.29 is 14.4 Å². The molecule has 1 aliphatic heterocycles. The van der Waals surface area contributed by atoms with E-state index in [1.165, 1.54) is 23.9 Å². The predicted molar refractivity (Wildman–Crippen MR) is 127 cm³/mol. The Hall–Kier alpha value is -3.40. The van der Waals surface area contributed by atoms with Crippen LogP contribution < -0.4 is 14.8 Å². The summed E-state index contributed by atoms with van der Waals surface area (Å²) in [7, 11) is 0. The summed E-state index contributed by atoms with van der Waals surface area (Å²) in [5.41, 5.74) is 2.54. The summed E-state index contributed by atoms with van der Waals surface area (Å²) in [4.78, 5) is 15.7. The predicted octanol–water partition coefficient (Wildman–Crippen LogP) is 5.63. The first kappa shape index (κ1) is 22.8. The van der Waals surface area contributed by atoms with Gasteiger partial charge < -0.3 is 14.8 Å². The van der Waals surface area contributed by atoms with Crippen molar-refractivity contribution in [3.8, 4) is 22.9 Å². The van der Waals surface area contributed by atoms with Crippen molar-refractivity contribution in [2.75, 3.05) is 17.7 Å². The zero-order valence-corrected chi connectivity index (χ0v) is 19.3. The molecule has 0 radical (unpaired) electrons. The average Bonchev–Trinajstić information content (AvgIpc) is 2.99. The molecule has 1 unspecified atom stereocenters. The first-order valence-electron chi connectivity index (χ1n) is 10.9. The number of hydrogen-bond acceptors (Lipinski definition) is 9. The molecule has 2 aromatic carbocycles. The minimum atomic E-state index is -0.774. The number of non-ortho nitro benzene ring substituents is 1. The molecule has 9 nitrogen and oxygen atoms in total. The standard InChI is InChI=1S/C23H25N5O4S/c1-3-5-13-33-23-25-22-20(26-27-23)16-8-6-7-9-18(16)24-21(32-22)17-14-15(28(29)30)10-11-19(17)31-12-4-2/h6-11,14,21,24H,3-5,12-13H2,1-2H3. The van der Waals surface area contributed by atoms with Crippen LogP contribution in [0.3, 0.4) is 0 Å². The number of rotatable bonds is 9. The molecule has 3 aromatic rings. The number of thioether (sulfide) groups is 1. The van der Waals surface area contributed by atoms with Crippen LogP contribution in [-0.2, 0) is 0 Å². The molecule has 1 aromatic heterocycles. The molecule has 1 N–H and O–H groups in total. The maximum Gasteiger partial charge on any atom is 0.270 e. The molecule has 0 spiro atoms. The second-order valence-corrected chi connectivity index (χ2v) is 8.53. The van der Waals surface area contributed by atoms with Gasteiger partial charge in [0.1, 0.15) is 5.75 Å². The summed E-state index contributed by atoms with van der Waals surface area (Å²) in [6.07, 6.45) is 2.15. The van der Waals surface area contributed by atoms with Crippen molar-refractivity contribution in [1.82, 2.24) is 15.2 Å². The molecule has 0 saturated carbocycles. The summed E-state index contributed by atoms with van der Waals surface area (Å²) in [5, 5.41) is 24.0. The van der Waals surface area contributed by atoms with Gasteiger partial charge >= 0.3 is 0 Å². The van der Waals surface area contributed by atoms with E-state index in [0.29, 0.717) is 34.7 Å². The molecule has 4 rings (SSSR count). The van der Waals surface area contributed by atoms with Gasteiger partial charge in [-0.1, -0.05) is 50.2 Å². The van der Waals surface area contributed by atoms with Crippen LogP contribution >= 0.6 is 11.8 Å². The fourth-order valence-electron chi connectivity index (χ4n) is 3.35. The quantitative estimate of drug-likeness (QED) is 0.185. The number of hydrogen-bond donors (Lipinski definition) is 1. The Morgan fingerprint density at radius 1 is 1.18 bits per heavy atom. The number of aromatic nitrogens is 3. The van der Waals surface area contributed by atoms with Gasteiger partial charge in [-0.3, -0.25) is 10.1 Å². The topological polar surface area (TPSA) is 112 Å². The highest BCUT2D eigenvalue weighted by Gasteiger charge is 2.29. The lowest BCUT2D eigenvalue weighted by Gasteiger charge is -2.21. The van der Waals surface area contributed by atoms with Crippen LogP contribution in [0, 0.1) is 10.1 Å². The number of para-hydroxylation sites is 1. The van der Waals surface area contributed by atoms with Crippen LogP contribution in [0.15, 0.2) is 47.6 Å². The van der Waals surface area contributed by atoms with E-state index in [9.17, 15) is 10.1 Å². The maximum atomic E-state index is 11.5. The molecule has 33 heavy (non-hydrogen) atoms. The van der Waals surface area contributed by atoms with Gasteiger partial charge in [0, 0.05) is 29.1 Å². The highest BCUT2D eigenvalue weighted by atomic mass is 32.2. The molecule has 0 saturated heterocycles. The normalized spacial score (nSPS) is 14.3. The third-order valence-electron chi connectivity index (χ3n) is 5.01. The number of nitro benzene ring substituents is 1. The van der Waals surface area contributed by atoms with Crippen molar-refractivity contribution in [3.05, 3.63) is 58.1 Å². The van der Waals surface area contributed by atoms with Gasteiger partial charge in [0.15, 0.2) is 5.69 Å². The van der Waals surface area contributed by atoms with Crippen molar-refractivity contribution in [2.24, 2.45) is 0 Å². The minimum Gasteiger partial charge on any atom is -0.493 e. The van der Waals surface area contributed by atoms with Gasteiger partial charge in [-0.05, 0) is 25.0 Å². The van der Waals surface area contributed by atoms with Gasteiger partial charge in [0.05, 0.1) is 17.1 Å². The maximum absolute atomic E-state index is 11.5. The largest absolute Gasteiger partial charge is 0.493 e. The zero-order chi connectivity index (χ0) is 23.2. The average molecular weight is 468 g/mol. The van der Waals surface area contributed by atoms with Crippen LogP contribution in [0.4, 0.5) is 11.4 Å². The third kappa shape index (κ3) is 5.16. The van der Waals surface area contributed by atoms with Gasteiger partial charge in [0.25, 0.3) is 5.69 Å². The van der Waals surface area contributed by atoms with E-state index in [-0.39, 0.29) is 5.69 Å². The molecular weight excluding hydrogens is 442 g/mol. The third-order valence-corrected chi connectivity index (χ3v) is 5.93. The van der Waals surface area contributed by atoms with Crippen LogP contribution in [0.5, 0.6) is 11.6 Å². The molecule has 0 amide bonds. The molecule has 0 aliphatic carbocycles. The number of nitro groups is 1. The number of ether oxygens (including phenoxy) is 2. The molecule has 0 bridgehead atoms. The highest BCUT2D eigenvalue weighted by Crippen LogP contribution is 2.41. The lowest BCUT2D eigenvalue weighted by atomic mass is 10.1. The summed E-state index contributed by atoms with van der Waals surface area (Å²) in [6, 6.07) is 12.1. The number of unbranched alkanes of at least 4 members (excludes halogenated alkanes) is 1. The fourth-order valence-corrected chi connectivity index (χ4v) is 4.22.